The fraction of sp³-hybridized carbons (Fsp3) is 0.375. The fourth-order valence-corrected chi connectivity index (χ4v) is 0.798. The predicted molar refractivity (Wildman–Crippen MR) is 42.7 cm³/mol. The maximum atomic E-state index is 12.5. The third-order valence-electron chi connectivity index (χ3n) is 1.55. The van der Waals surface area contributed by atoms with Gasteiger partial charge in [0.15, 0.2) is 0 Å². The molecule has 3 heteroatoms. The maximum Gasteiger partial charge on any atom is 0.235 e. The van der Waals surface area contributed by atoms with E-state index < -0.39 is 5.95 Å². The van der Waals surface area contributed by atoms with Gasteiger partial charge in [0.25, 0.3) is 0 Å². The first-order chi connectivity index (χ1) is 5.11. The maximum absolute atomic E-state index is 12.5. The van der Waals surface area contributed by atoms with Gasteiger partial charge in [0.2, 0.25) is 5.95 Å². The largest absolute Gasteiger partial charge is 0.395 e. The van der Waals surface area contributed by atoms with Crippen LogP contribution in [0, 0.1) is 5.95 Å². The zero-order chi connectivity index (χ0) is 8.43. The number of rotatable bonds is 1. The van der Waals surface area contributed by atoms with Crippen LogP contribution >= 0.6 is 0 Å². The number of halogens is 1. The molecule has 0 radical (unpaired) electrons. The molecule has 0 unspecified atom stereocenters. The third-order valence-corrected chi connectivity index (χ3v) is 1.55. The Morgan fingerprint density at radius 2 is 2.18 bits per heavy atom. The zero-order valence-electron chi connectivity index (χ0n) is 6.63. The van der Waals surface area contributed by atoms with Gasteiger partial charge in [0.1, 0.15) is 0 Å². The highest BCUT2D eigenvalue weighted by Crippen LogP contribution is 2.16. The minimum Gasteiger partial charge on any atom is -0.395 e. The SMILES string of the molecule is CC(C)c1cnc(F)c(N)c1. The number of nitrogens with zero attached hydrogens (tertiary/aromatic N) is 1. The summed E-state index contributed by atoms with van der Waals surface area (Å²) >= 11 is 0. The van der Waals surface area contributed by atoms with E-state index in [0.29, 0.717) is 5.92 Å². The average molecular weight is 154 g/mol. The van der Waals surface area contributed by atoms with Crippen LogP contribution in [0.25, 0.3) is 0 Å². The summed E-state index contributed by atoms with van der Waals surface area (Å²) in [5.74, 6) is -0.250. The smallest absolute Gasteiger partial charge is 0.235 e. The van der Waals surface area contributed by atoms with Crippen molar-refractivity contribution < 1.29 is 4.39 Å². The van der Waals surface area contributed by atoms with Crippen molar-refractivity contribution in [2.75, 3.05) is 5.73 Å². The van der Waals surface area contributed by atoms with E-state index >= 15 is 0 Å². The number of pyridine rings is 1. The summed E-state index contributed by atoms with van der Waals surface area (Å²) in [6.07, 6.45) is 1.51. The first-order valence-corrected chi connectivity index (χ1v) is 3.52. The normalized spacial score (nSPS) is 10.5. The lowest BCUT2D eigenvalue weighted by Gasteiger charge is -2.04. The van der Waals surface area contributed by atoms with Crippen LogP contribution in [0.3, 0.4) is 0 Å². The Hall–Kier alpha value is -1.12. The van der Waals surface area contributed by atoms with Gasteiger partial charge in [0, 0.05) is 6.20 Å². The highest BCUT2D eigenvalue weighted by molar-refractivity contribution is 5.39. The van der Waals surface area contributed by atoms with Gasteiger partial charge >= 0.3 is 0 Å². The van der Waals surface area contributed by atoms with Crippen LogP contribution in [0.4, 0.5) is 10.1 Å². The van der Waals surface area contributed by atoms with Crippen LogP contribution in [0.2, 0.25) is 0 Å². The molecule has 0 aliphatic rings. The van der Waals surface area contributed by atoms with E-state index in [-0.39, 0.29) is 5.69 Å². The molecule has 0 atom stereocenters. The summed E-state index contributed by atoms with van der Waals surface area (Å²) < 4.78 is 12.5. The fourth-order valence-electron chi connectivity index (χ4n) is 0.798. The van der Waals surface area contributed by atoms with Crippen LogP contribution in [0.15, 0.2) is 12.3 Å². The molecule has 1 aromatic heterocycles. The van der Waals surface area contributed by atoms with Crippen molar-refractivity contribution in [2.45, 2.75) is 19.8 Å². The number of nitrogen functional groups attached to an aromatic ring is 1. The van der Waals surface area contributed by atoms with Crippen molar-refractivity contribution in [1.82, 2.24) is 4.98 Å². The highest BCUT2D eigenvalue weighted by Gasteiger charge is 2.03. The number of anilines is 1. The second-order valence-electron chi connectivity index (χ2n) is 2.80. The Labute approximate surface area is 65.3 Å². The molecule has 11 heavy (non-hydrogen) atoms. The molecule has 1 rings (SSSR count). The topological polar surface area (TPSA) is 38.9 Å². The van der Waals surface area contributed by atoms with Crippen molar-refractivity contribution in [1.29, 1.82) is 0 Å². The van der Waals surface area contributed by atoms with Crippen molar-refractivity contribution in [3.05, 3.63) is 23.8 Å². The Balaban J connectivity index is 3.05. The molecule has 2 N–H and O–H groups in total. The van der Waals surface area contributed by atoms with Gasteiger partial charge in [-0.25, -0.2) is 4.98 Å². The van der Waals surface area contributed by atoms with Gasteiger partial charge in [-0.05, 0) is 17.5 Å². The van der Waals surface area contributed by atoms with E-state index in [1.807, 2.05) is 13.8 Å². The Morgan fingerprint density at radius 1 is 1.55 bits per heavy atom. The van der Waals surface area contributed by atoms with Crippen LogP contribution in [0.5, 0.6) is 0 Å². The predicted octanol–water partition coefficient (Wildman–Crippen LogP) is 1.93. The van der Waals surface area contributed by atoms with E-state index in [1.54, 1.807) is 6.07 Å². The van der Waals surface area contributed by atoms with Crippen molar-refractivity contribution >= 4 is 5.69 Å². The van der Waals surface area contributed by atoms with Crippen LogP contribution < -0.4 is 5.73 Å². The van der Waals surface area contributed by atoms with Gasteiger partial charge in [-0.15, -0.1) is 0 Å². The van der Waals surface area contributed by atoms with Crippen LogP contribution in [0.1, 0.15) is 25.3 Å². The molecule has 0 saturated carbocycles. The molecule has 0 spiro atoms. The lowest BCUT2D eigenvalue weighted by atomic mass is 10.1. The van der Waals surface area contributed by atoms with E-state index in [9.17, 15) is 4.39 Å². The summed E-state index contributed by atoms with van der Waals surface area (Å²) in [5, 5.41) is 0. The molecule has 60 valence electrons. The summed E-state index contributed by atoms with van der Waals surface area (Å²) in [6, 6.07) is 1.62. The van der Waals surface area contributed by atoms with E-state index in [2.05, 4.69) is 4.98 Å². The molecule has 0 aliphatic carbocycles. The minimum atomic E-state index is -0.589. The third kappa shape index (κ3) is 1.67. The monoisotopic (exact) mass is 154 g/mol. The Morgan fingerprint density at radius 3 is 2.64 bits per heavy atom. The molecule has 0 bridgehead atoms. The molecule has 0 saturated heterocycles. The molecule has 0 aliphatic heterocycles. The number of hydrogen-bond donors (Lipinski definition) is 1. The van der Waals surface area contributed by atoms with Crippen molar-refractivity contribution in [3.8, 4) is 0 Å². The first kappa shape index (κ1) is 7.98. The summed E-state index contributed by atoms with van der Waals surface area (Å²) in [7, 11) is 0. The number of aromatic nitrogens is 1. The number of nitrogens with two attached hydrogens (primary N) is 1. The Kier molecular flexibility index (Phi) is 2.08. The molecule has 1 heterocycles. The first-order valence-electron chi connectivity index (χ1n) is 3.52. The molecule has 2 nitrogen and oxygen atoms in total. The molecule has 0 amide bonds. The van der Waals surface area contributed by atoms with Crippen molar-refractivity contribution in [2.24, 2.45) is 0 Å². The molecular formula is C8H11FN2. The lowest BCUT2D eigenvalue weighted by Crippen LogP contribution is -1.97. The van der Waals surface area contributed by atoms with Gasteiger partial charge in [-0.1, -0.05) is 13.8 Å². The molecule has 1 aromatic rings. The summed E-state index contributed by atoms with van der Waals surface area (Å²) in [5.41, 5.74) is 6.40. The Bertz CT molecular complexity index is 258. The van der Waals surface area contributed by atoms with E-state index in [4.69, 9.17) is 5.73 Å². The lowest BCUT2D eigenvalue weighted by molar-refractivity contribution is 0.586. The highest BCUT2D eigenvalue weighted by atomic mass is 19.1. The summed E-state index contributed by atoms with van der Waals surface area (Å²) in [6.45, 7) is 4.02. The number of hydrogen-bond acceptors (Lipinski definition) is 2. The van der Waals surface area contributed by atoms with Gasteiger partial charge < -0.3 is 5.73 Å². The van der Waals surface area contributed by atoms with Gasteiger partial charge in [-0.3, -0.25) is 0 Å². The molecular weight excluding hydrogens is 143 g/mol. The quantitative estimate of drug-likeness (QED) is 0.628. The molecule has 0 fully saturated rings. The summed E-state index contributed by atoms with van der Waals surface area (Å²) in [4.78, 5) is 3.51. The van der Waals surface area contributed by atoms with E-state index in [1.165, 1.54) is 6.20 Å². The van der Waals surface area contributed by atoms with Gasteiger partial charge in [0.05, 0.1) is 5.69 Å². The van der Waals surface area contributed by atoms with Crippen LogP contribution in [-0.2, 0) is 0 Å². The standard InChI is InChI=1S/C8H11FN2/c1-5(2)6-3-7(10)8(9)11-4-6/h3-5H,10H2,1-2H3. The second-order valence-corrected chi connectivity index (χ2v) is 2.80. The zero-order valence-corrected chi connectivity index (χ0v) is 6.63. The minimum absolute atomic E-state index is 0.121. The molecule has 0 aromatic carbocycles. The van der Waals surface area contributed by atoms with Gasteiger partial charge in [-0.2, -0.15) is 4.39 Å². The van der Waals surface area contributed by atoms with E-state index in [0.717, 1.165) is 5.56 Å². The van der Waals surface area contributed by atoms with Crippen LogP contribution in [-0.4, -0.2) is 4.98 Å². The van der Waals surface area contributed by atoms with Crippen molar-refractivity contribution in [3.63, 3.8) is 0 Å². The second kappa shape index (κ2) is 2.86. The average Bonchev–Trinajstić information content (AvgIpc) is 1.94.